The maximum Gasteiger partial charge on any atom is 0.323 e. The fourth-order valence-electron chi connectivity index (χ4n) is 1.48. The molecule has 100 valence electrons. The van der Waals surface area contributed by atoms with Gasteiger partial charge in [0.25, 0.3) is 5.91 Å². The van der Waals surface area contributed by atoms with Crippen LogP contribution in [0.4, 0.5) is 0 Å². The second-order valence-electron chi connectivity index (χ2n) is 4.26. The summed E-state index contributed by atoms with van der Waals surface area (Å²) in [7, 11) is 5.39. The molecule has 0 aliphatic rings. The lowest BCUT2D eigenvalue weighted by atomic mass is 10.3. The van der Waals surface area contributed by atoms with Crippen LogP contribution in [0.2, 0.25) is 0 Å². The molecular weight excluding hydrogens is 236 g/mol. The van der Waals surface area contributed by atoms with Crippen LogP contribution in [-0.2, 0) is 11.8 Å². The Morgan fingerprint density at radius 3 is 2.50 bits per heavy atom. The van der Waals surface area contributed by atoms with Crippen molar-refractivity contribution in [1.82, 2.24) is 19.6 Å². The molecule has 0 radical (unpaired) electrons. The van der Waals surface area contributed by atoms with Gasteiger partial charge in [-0.15, -0.1) is 0 Å². The van der Waals surface area contributed by atoms with Crippen LogP contribution in [0.15, 0.2) is 12.3 Å². The molecule has 1 N–H and O–H groups in total. The summed E-state index contributed by atoms with van der Waals surface area (Å²) in [5.41, 5.74) is 0.384. The third-order valence-electron chi connectivity index (χ3n) is 2.47. The molecule has 1 amide bonds. The molecule has 1 aromatic heterocycles. The van der Waals surface area contributed by atoms with E-state index in [1.807, 2.05) is 19.0 Å². The Hall–Kier alpha value is -1.89. The number of aliphatic carboxylic acids is 1. The lowest BCUT2D eigenvalue weighted by Gasteiger charge is -2.22. The molecule has 0 aromatic carbocycles. The quantitative estimate of drug-likeness (QED) is 0.741. The summed E-state index contributed by atoms with van der Waals surface area (Å²) in [6.07, 6.45) is 1.51. The van der Waals surface area contributed by atoms with E-state index in [0.717, 1.165) is 0 Å². The fourth-order valence-corrected chi connectivity index (χ4v) is 1.48. The van der Waals surface area contributed by atoms with E-state index in [1.54, 1.807) is 13.1 Å². The highest BCUT2D eigenvalue weighted by Crippen LogP contribution is 2.03. The standard InChI is InChI=1S/C11H18N4O3/c1-13(2)6-7-15(8-10(16)17)11(18)9-4-5-12-14(9)3/h4-5H,6-8H2,1-3H3,(H,16,17). The molecule has 0 saturated heterocycles. The van der Waals surface area contributed by atoms with E-state index in [1.165, 1.54) is 15.8 Å². The van der Waals surface area contributed by atoms with Gasteiger partial charge in [-0.25, -0.2) is 0 Å². The van der Waals surface area contributed by atoms with Crippen LogP contribution in [0.3, 0.4) is 0 Å². The lowest BCUT2D eigenvalue weighted by molar-refractivity contribution is -0.137. The molecule has 1 heterocycles. The van der Waals surface area contributed by atoms with Crippen molar-refractivity contribution in [3.05, 3.63) is 18.0 Å². The van der Waals surface area contributed by atoms with Gasteiger partial charge in [-0.05, 0) is 20.2 Å². The van der Waals surface area contributed by atoms with E-state index in [0.29, 0.717) is 18.8 Å². The van der Waals surface area contributed by atoms with Crippen molar-refractivity contribution in [1.29, 1.82) is 0 Å². The molecule has 0 atom stereocenters. The Morgan fingerprint density at radius 2 is 2.06 bits per heavy atom. The Morgan fingerprint density at radius 1 is 1.39 bits per heavy atom. The smallest absolute Gasteiger partial charge is 0.323 e. The first-order valence-corrected chi connectivity index (χ1v) is 5.55. The van der Waals surface area contributed by atoms with E-state index >= 15 is 0 Å². The molecule has 7 nitrogen and oxygen atoms in total. The van der Waals surface area contributed by atoms with Gasteiger partial charge >= 0.3 is 5.97 Å². The number of carboxylic acid groups (broad SMARTS) is 1. The van der Waals surface area contributed by atoms with E-state index in [9.17, 15) is 9.59 Å². The maximum atomic E-state index is 12.2. The Balaban J connectivity index is 2.79. The van der Waals surface area contributed by atoms with Gasteiger partial charge in [0.15, 0.2) is 0 Å². The van der Waals surface area contributed by atoms with Crippen LogP contribution in [0.5, 0.6) is 0 Å². The van der Waals surface area contributed by atoms with E-state index in [4.69, 9.17) is 5.11 Å². The number of amides is 1. The average Bonchev–Trinajstić information content (AvgIpc) is 2.69. The first-order valence-electron chi connectivity index (χ1n) is 5.55. The van der Waals surface area contributed by atoms with Gasteiger partial charge in [0.05, 0.1) is 0 Å². The number of carbonyl (C=O) groups is 2. The molecular formula is C11H18N4O3. The molecule has 0 bridgehead atoms. The highest BCUT2D eigenvalue weighted by molar-refractivity contribution is 5.94. The molecule has 7 heteroatoms. The van der Waals surface area contributed by atoms with Crippen molar-refractivity contribution in [2.24, 2.45) is 7.05 Å². The number of likely N-dealkylation sites (N-methyl/N-ethyl adjacent to an activating group) is 1. The van der Waals surface area contributed by atoms with E-state index in [2.05, 4.69) is 5.10 Å². The van der Waals surface area contributed by atoms with Gasteiger partial charge in [-0.3, -0.25) is 14.3 Å². The van der Waals surface area contributed by atoms with Gasteiger partial charge in [0, 0.05) is 26.3 Å². The largest absolute Gasteiger partial charge is 0.480 e. The maximum absolute atomic E-state index is 12.2. The number of rotatable bonds is 6. The molecule has 0 fully saturated rings. The summed E-state index contributed by atoms with van der Waals surface area (Å²) < 4.78 is 1.44. The van der Waals surface area contributed by atoms with Crippen LogP contribution >= 0.6 is 0 Å². The summed E-state index contributed by atoms with van der Waals surface area (Å²) in [5, 5.41) is 12.7. The third kappa shape index (κ3) is 3.85. The summed E-state index contributed by atoms with van der Waals surface area (Å²) >= 11 is 0. The summed E-state index contributed by atoms with van der Waals surface area (Å²) in [5.74, 6) is -1.34. The Bertz CT molecular complexity index is 428. The average molecular weight is 254 g/mol. The molecule has 0 aliphatic carbocycles. The van der Waals surface area contributed by atoms with Crippen LogP contribution < -0.4 is 0 Å². The molecule has 0 aliphatic heterocycles. The topological polar surface area (TPSA) is 78.7 Å². The van der Waals surface area contributed by atoms with Gasteiger partial charge in [0.2, 0.25) is 0 Å². The van der Waals surface area contributed by atoms with E-state index < -0.39 is 5.97 Å². The van der Waals surface area contributed by atoms with Crippen LogP contribution in [-0.4, -0.2) is 70.3 Å². The van der Waals surface area contributed by atoms with Crippen LogP contribution in [0.25, 0.3) is 0 Å². The Labute approximate surface area is 106 Å². The van der Waals surface area contributed by atoms with E-state index in [-0.39, 0.29) is 12.5 Å². The molecule has 1 rings (SSSR count). The minimum Gasteiger partial charge on any atom is -0.480 e. The summed E-state index contributed by atoms with van der Waals surface area (Å²) in [6.45, 7) is 0.665. The Kier molecular flexibility index (Phi) is 4.85. The molecule has 0 unspecified atom stereocenters. The van der Waals surface area contributed by atoms with Crippen molar-refractivity contribution < 1.29 is 14.7 Å². The second-order valence-corrected chi connectivity index (χ2v) is 4.26. The molecule has 0 saturated carbocycles. The zero-order valence-electron chi connectivity index (χ0n) is 10.8. The fraction of sp³-hybridized carbons (Fsp3) is 0.545. The zero-order chi connectivity index (χ0) is 13.7. The number of hydrogen-bond donors (Lipinski definition) is 1. The van der Waals surface area contributed by atoms with Crippen molar-refractivity contribution >= 4 is 11.9 Å². The number of aryl methyl sites for hydroxylation is 1. The molecule has 1 aromatic rings. The zero-order valence-corrected chi connectivity index (χ0v) is 10.8. The van der Waals surface area contributed by atoms with Gasteiger partial charge in [-0.2, -0.15) is 5.10 Å². The number of hydrogen-bond acceptors (Lipinski definition) is 4. The van der Waals surface area contributed by atoms with Gasteiger partial charge in [0.1, 0.15) is 12.2 Å². The SMILES string of the molecule is CN(C)CCN(CC(=O)O)C(=O)c1ccnn1C. The number of carbonyl (C=O) groups excluding carboxylic acids is 1. The highest BCUT2D eigenvalue weighted by atomic mass is 16.4. The van der Waals surface area contributed by atoms with Crippen molar-refractivity contribution in [3.63, 3.8) is 0 Å². The van der Waals surface area contributed by atoms with Crippen molar-refractivity contribution in [2.75, 3.05) is 33.7 Å². The lowest BCUT2D eigenvalue weighted by Crippen LogP contribution is -2.40. The van der Waals surface area contributed by atoms with Crippen LogP contribution in [0, 0.1) is 0 Å². The number of nitrogens with zero attached hydrogens (tertiary/aromatic N) is 4. The number of carboxylic acids is 1. The van der Waals surface area contributed by atoms with Gasteiger partial charge < -0.3 is 14.9 Å². The minimum absolute atomic E-state index is 0.308. The van der Waals surface area contributed by atoms with Crippen molar-refractivity contribution in [3.8, 4) is 0 Å². The summed E-state index contributed by atoms with van der Waals surface area (Å²) in [6, 6.07) is 1.58. The predicted octanol–water partition coefficient (Wildman–Crippen LogP) is -0.491. The number of aromatic nitrogens is 2. The first-order chi connectivity index (χ1) is 8.41. The third-order valence-corrected chi connectivity index (χ3v) is 2.47. The second kappa shape index (κ2) is 6.15. The van der Waals surface area contributed by atoms with Gasteiger partial charge in [-0.1, -0.05) is 0 Å². The first kappa shape index (κ1) is 14.2. The highest BCUT2D eigenvalue weighted by Gasteiger charge is 2.20. The molecule has 0 spiro atoms. The monoisotopic (exact) mass is 254 g/mol. The predicted molar refractivity (Wildman–Crippen MR) is 65.3 cm³/mol. The molecule has 18 heavy (non-hydrogen) atoms. The normalized spacial score (nSPS) is 10.7. The summed E-state index contributed by atoms with van der Waals surface area (Å²) in [4.78, 5) is 26.1. The van der Waals surface area contributed by atoms with Crippen LogP contribution in [0.1, 0.15) is 10.5 Å². The minimum atomic E-state index is -1.02. The van der Waals surface area contributed by atoms with Crippen molar-refractivity contribution in [2.45, 2.75) is 0 Å².